The second-order valence-electron chi connectivity index (χ2n) is 4.47. The fourth-order valence-electron chi connectivity index (χ4n) is 1.87. The minimum Gasteiger partial charge on any atom is -0.493 e. The smallest absolute Gasteiger partial charge is 0.266 e. The number of ether oxygens (including phenoxy) is 1. The maximum Gasteiger partial charge on any atom is 0.266 e. The number of para-hydroxylation sites is 1. The molecule has 1 aliphatic heterocycles. The Kier molecular flexibility index (Phi) is 5.59. The van der Waals surface area contributed by atoms with Gasteiger partial charge in [-0.3, -0.25) is 9.69 Å². The van der Waals surface area contributed by atoms with Crippen molar-refractivity contribution in [2.24, 2.45) is 0 Å². The Labute approximate surface area is 134 Å². The van der Waals surface area contributed by atoms with Gasteiger partial charge >= 0.3 is 0 Å². The average Bonchev–Trinajstić information content (AvgIpc) is 2.74. The van der Waals surface area contributed by atoms with Crippen molar-refractivity contribution in [1.29, 1.82) is 0 Å². The number of carbonyl (C=O) groups is 1. The summed E-state index contributed by atoms with van der Waals surface area (Å²) in [7, 11) is 0. The molecule has 0 aliphatic carbocycles. The van der Waals surface area contributed by atoms with Crippen LogP contribution in [0, 0.1) is 0 Å². The molecule has 1 amide bonds. The molecule has 0 unspecified atom stereocenters. The van der Waals surface area contributed by atoms with Gasteiger partial charge in [-0.15, -0.1) is 6.58 Å². The van der Waals surface area contributed by atoms with Crippen LogP contribution >= 0.6 is 24.0 Å². The van der Waals surface area contributed by atoms with E-state index in [-0.39, 0.29) is 5.91 Å². The predicted molar refractivity (Wildman–Crippen MR) is 92.3 cm³/mol. The van der Waals surface area contributed by atoms with Crippen LogP contribution in [0.5, 0.6) is 5.75 Å². The van der Waals surface area contributed by atoms with Crippen molar-refractivity contribution in [2.75, 3.05) is 13.2 Å². The van der Waals surface area contributed by atoms with Crippen molar-refractivity contribution < 1.29 is 9.53 Å². The number of hydrogen-bond donors (Lipinski definition) is 0. The summed E-state index contributed by atoms with van der Waals surface area (Å²) in [5, 5.41) is 0. The molecule has 0 N–H and O–H groups in total. The van der Waals surface area contributed by atoms with Crippen molar-refractivity contribution in [3.63, 3.8) is 0 Å². The maximum atomic E-state index is 12.3. The first kappa shape index (κ1) is 15.8. The molecule has 0 bridgehead atoms. The Morgan fingerprint density at radius 2 is 2.19 bits per heavy atom. The zero-order chi connectivity index (χ0) is 15.2. The Morgan fingerprint density at radius 1 is 1.43 bits per heavy atom. The van der Waals surface area contributed by atoms with Gasteiger partial charge in [0.1, 0.15) is 10.1 Å². The van der Waals surface area contributed by atoms with Crippen molar-refractivity contribution in [3.05, 3.63) is 47.4 Å². The molecule has 0 radical (unpaired) electrons. The van der Waals surface area contributed by atoms with E-state index in [0.717, 1.165) is 17.7 Å². The molecular weight excluding hydrogens is 302 g/mol. The molecule has 1 aromatic carbocycles. The lowest BCUT2D eigenvalue weighted by Crippen LogP contribution is -2.27. The summed E-state index contributed by atoms with van der Waals surface area (Å²) < 4.78 is 6.27. The van der Waals surface area contributed by atoms with Crippen LogP contribution in [0.25, 0.3) is 6.08 Å². The normalized spacial score (nSPS) is 16.6. The van der Waals surface area contributed by atoms with Gasteiger partial charge in [0.15, 0.2) is 0 Å². The number of hydrogen-bond acceptors (Lipinski definition) is 4. The summed E-state index contributed by atoms with van der Waals surface area (Å²) in [6.07, 6.45) is 4.45. The third kappa shape index (κ3) is 3.74. The van der Waals surface area contributed by atoms with E-state index in [1.54, 1.807) is 11.0 Å². The van der Waals surface area contributed by atoms with Gasteiger partial charge < -0.3 is 4.74 Å². The Morgan fingerprint density at radius 3 is 2.90 bits per heavy atom. The van der Waals surface area contributed by atoms with E-state index in [0.29, 0.717) is 22.4 Å². The lowest BCUT2D eigenvalue weighted by Gasteiger charge is -2.10. The highest BCUT2D eigenvalue weighted by Gasteiger charge is 2.31. The molecule has 0 saturated carbocycles. The molecule has 1 saturated heterocycles. The van der Waals surface area contributed by atoms with E-state index in [2.05, 4.69) is 13.5 Å². The number of carbonyl (C=O) groups excluding carboxylic acids is 1. The molecule has 2 rings (SSSR count). The SMILES string of the molecule is C=CCN1C(=O)/C(=C/c2ccccc2OCCC)SC1=S. The summed E-state index contributed by atoms with van der Waals surface area (Å²) >= 11 is 6.54. The second kappa shape index (κ2) is 7.43. The number of rotatable bonds is 6. The summed E-state index contributed by atoms with van der Waals surface area (Å²) in [4.78, 5) is 14.5. The highest BCUT2D eigenvalue weighted by Crippen LogP contribution is 2.34. The predicted octanol–water partition coefficient (Wildman–Crippen LogP) is 3.86. The van der Waals surface area contributed by atoms with Crippen LogP contribution in [-0.2, 0) is 4.79 Å². The molecule has 1 aromatic rings. The van der Waals surface area contributed by atoms with E-state index in [1.165, 1.54) is 11.8 Å². The van der Waals surface area contributed by atoms with Crippen LogP contribution in [0.15, 0.2) is 41.8 Å². The first-order chi connectivity index (χ1) is 10.2. The first-order valence-corrected chi connectivity index (χ1v) is 7.98. The zero-order valence-electron chi connectivity index (χ0n) is 11.9. The number of thiocarbonyl (C=S) groups is 1. The van der Waals surface area contributed by atoms with Crippen LogP contribution in [0.2, 0.25) is 0 Å². The van der Waals surface area contributed by atoms with Crippen molar-refractivity contribution in [1.82, 2.24) is 4.90 Å². The molecule has 1 fully saturated rings. The molecule has 3 nitrogen and oxygen atoms in total. The zero-order valence-corrected chi connectivity index (χ0v) is 13.5. The lowest BCUT2D eigenvalue weighted by molar-refractivity contribution is -0.121. The molecule has 110 valence electrons. The molecule has 0 atom stereocenters. The summed E-state index contributed by atoms with van der Waals surface area (Å²) in [6.45, 7) is 6.80. The fourth-order valence-corrected chi connectivity index (χ4v) is 3.14. The van der Waals surface area contributed by atoms with Gasteiger partial charge in [0, 0.05) is 12.1 Å². The molecule has 0 spiro atoms. The highest BCUT2D eigenvalue weighted by molar-refractivity contribution is 8.26. The van der Waals surface area contributed by atoms with E-state index in [1.807, 2.05) is 30.3 Å². The molecule has 21 heavy (non-hydrogen) atoms. The molecular formula is C16H17NO2S2. The number of amides is 1. The summed E-state index contributed by atoms with van der Waals surface area (Å²) in [5.41, 5.74) is 0.894. The van der Waals surface area contributed by atoms with Crippen molar-refractivity contribution >= 4 is 40.3 Å². The van der Waals surface area contributed by atoms with Crippen molar-refractivity contribution in [2.45, 2.75) is 13.3 Å². The van der Waals surface area contributed by atoms with Gasteiger partial charge in [-0.2, -0.15) is 0 Å². The van der Waals surface area contributed by atoms with E-state index in [4.69, 9.17) is 17.0 Å². The largest absolute Gasteiger partial charge is 0.493 e. The van der Waals surface area contributed by atoms with E-state index < -0.39 is 0 Å². The van der Waals surface area contributed by atoms with Crippen LogP contribution in [0.4, 0.5) is 0 Å². The van der Waals surface area contributed by atoms with Crippen LogP contribution in [0.3, 0.4) is 0 Å². The minimum absolute atomic E-state index is 0.0739. The van der Waals surface area contributed by atoms with Crippen LogP contribution in [-0.4, -0.2) is 28.3 Å². The van der Waals surface area contributed by atoms with Crippen LogP contribution < -0.4 is 4.74 Å². The van der Waals surface area contributed by atoms with Gasteiger partial charge in [0.25, 0.3) is 5.91 Å². The topological polar surface area (TPSA) is 29.5 Å². The van der Waals surface area contributed by atoms with E-state index >= 15 is 0 Å². The van der Waals surface area contributed by atoms with Gasteiger partial charge in [0.2, 0.25) is 0 Å². The first-order valence-electron chi connectivity index (χ1n) is 6.75. The number of benzene rings is 1. The van der Waals surface area contributed by atoms with Crippen molar-refractivity contribution in [3.8, 4) is 5.75 Å². The molecule has 5 heteroatoms. The third-order valence-corrected chi connectivity index (χ3v) is 4.23. The molecule has 1 heterocycles. The third-order valence-electron chi connectivity index (χ3n) is 2.85. The average molecular weight is 319 g/mol. The molecule has 1 aliphatic rings. The molecule has 0 aromatic heterocycles. The monoisotopic (exact) mass is 319 g/mol. The Bertz CT molecular complexity index is 596. The highest BCUT2D eigenvalue weighted by atomic mass is 32.2. The van der Waals surface area contributed by atoms with E-state index in [9.17, 15) is 4.79 Å². The van der Waals surface area contributed by atoms with Gasteiger partial charge in [-0.25, -0.2) is 0 Å². The van der Waals surface area contributed by atoms with Gasteiger partial charge in [-0.05, 0) is 18.6 Å². The quantitative estimate of drug-likeness (QED) is 0.452. The fraction of sp³-hybridized carbons (Fsp3) is 0.250. The summed E-state index contributed by atoms with van der Waals surface area (Å²) in [6, 6.07) is 7.69. The number of thioether (sulfide) groups is 1. The number of nitrogens with zero attached hydrogens (tertiary/aromatic N) is 1. The second-order valence-corrected chi connectivity index (χ2v) is 6.14. The van der Waals surface area contributed by atoms with Gasteiger partial charge in [0.05, 0.1) is 11.5 Å². The Balaban J connectivity index is 2.26. The van der Waals surface area contributed by atoms with Gasteiger partial charge in [-0.1, -0.05) is 55.2 Å². The minimum atomic E-state index is -0.0739. The summed E-state index contributed by atoms with van der Waals surface area (Å²) in [5.74, 6) is 0.712. The van der Waals surface area contributed by atoms with Crippen LogP contribution in [0.1, 0.15) is 18.9 Å². The lowest BCUT2D eigenvalue weighted by atomic mass is 10.2. The Hall–Kier alpha value is -1.59. The standard InChI is InChI=1S/C16H17NO2S2/c1-3-9-17-15(18)14(21-16(17)20)11-12-7-5-6-8-13(12)19-10-4-2/h3,5-8,11H,1,4,9-10H2,2H3/b14-11-. The maximum absolute atomic E-state index is 12.3.